The van der Waals surface area contributed by atoms with Crippen LogP contribution in [0.4, 0.5) is 0 Å². The molecule has 2 unspecified atom stereocenters. The summed E-state index contributed by atoms with van der Waals surface area (Å²) in [5.41, 5.74) is 3.16. The molecule has 1 aliphatic rings. The quantitative estimate of drug-likeness (QED) is 0.701. The monoisotopic (exact) mass is 374 g/mol. The summed E-state index contributed by atoms with van der Waals surface area (Å²) < 4.78 is 10.6. The minimum absolute atomic E-state index is 0.0110. The molecule has 4 rings (SSSR count). The van der Waals surface area contributed by atoms with Crippen LogP contribution in [0.5, 0.6) is 17.2 Å². The van der Waals surface area contributed by atoms with Gasteiger partial charge in [0.1, 0.15) is 29.1 Å². The van der Waals surface area contributed by atoms with E-state index in [9.17, 15) is 5.11 Å². The number of amidine groups is 1. The van der Waals surface area contributed by atoms with Crippen LogP contribution < -0.4 is 14.8 Å². The van der Waals surface area contributed by atoms with Gasteiger partial charge in [-0.3, -0.25) is 4.99 Å². The Hall–Kier alpha value is -3.47. The maximum absolute atomic E-state index is 9.57. The summed E-state index contributed by atoms with van der Waals surface area (Å²) in [6.45, 7) is 0. The normalized spacial score (nSPS) is 18.3. The Balaban J connectivity index is 1.71. The number of benzene rings is 3. The molecule has 0 saturated carbocycles. The van der Waals surface area contributed by atoms with Gasteiger partial charge in [-0.05, 0) is 59.7 Å². The van der Waals surface area contributed by atoms with Crippen molar-refractivity contribution in [3.05, 3.63) is 89.5 Å². The van der Waals surface area contributed by atoms with Crippen LogP contribution in [0.25, 0.3) is 0 Å². The third-order valence-electron chi connectivity index (χ3n) is 4.95. The van der Waals surface area contributed by atoms with Gasteiger partial charge < -0.3 is 19.9 Å². The number of nitrogens with one attached hydrogen (secondary N) is 1. The Morgan fingerprint density at radius 1 is 0.750 bits per heavy atom. The lowest BCUT2D eigenvalue weighted by Gasteiger charge is -2.20. The minimum atomic E-state index is -0.0805. The Morgan fingerprint density at radius 2 is 1.29 bits per heavy atom. The van der Waals surface area contributed by atoms with Crippen molar-refractivity contribution in [3.8, 4) is 17.2 Å². The fraction of sp³-hybridized carbons (Fsp3) is 0.174. The molecule has 0 fully saturated rings. The van der Waals surface area contributed by atoms with Crippen molar-refractivity contribution in [1.82, 2.24) is 5.32 Å². The van der Waals surface area contributed by atoms with Crippen LogP contribution in [-0.4, -0.2) is 25.2 Å². The van der Waals surface area contributed by atoms with Gasteiger partial charge in [-0.2, -0.15) is 0 Å². The molecule has 0 saturated heterocycles. The summed E-state index contributed by atoms with van der Waals surface area (Å²) in [5.74, 6) is 2.68. The molecule has 142 valence electrons. The lowest BCUT2D eigenvalue weighted by Crippen LogP contribution is -2.25. The van der Waals surface area contributed by atoms with E-state index in [1.165, 1.54) is 0 Å². The van der Waals surface area contributed by atoms with E-state index in [-0.39, 0.29) is 17.8 Å². The number of phenolic OH excluding ortho intramolecular Hbond substituents is 1. The number of aromatic hydroxyl groups is 1. The van der Waals surface area contributed by atoms with Gasteiger partial charge in [0.25, 0.3) is 0 Å². The number of aliphatic imine (C=N–C) groups is 1. The molecule has 0 aromatic heterocycles. The highest BCUT2D eigenvalue weighted by atomic mass is 16.5. The zero-order valence-corrected chi connectivity index (χ0v) is 15.8. The van der Waals surface area contributed by atoms with Crippen LogP contribution >= 0.6 is 0 Å². The van der Waals surface area contributed by atoms with Crippen molar-refractivity contribution in [3.63, 3.8) is 0 Å². The van der Waals surface area contributed by atoms with Gasteiger partial charge in [0, 0.05) is 5.56 Å². The summed E-state index contributed by atoms with van der Waals surface area (Å²) in [7, 11) is 3.32. The van der Waals surface area contributed by atoms with Gasteiger partial charge in [-0.25, -0.2) is 0 Å². The molecule has 0 spiro atoms. The molecule has 1 aliphatic heterocycles. The van der Waals surface area contributed by atoms with E-state index in [0.717, 1.165) is 34.0 Å². The zero-order chi connectivity index (χ0) is 19.5. The van der Waals surface area contributed by atoms with Gasteiger partial charge in [0.2, 0.25) is 0 Å². The van der Waals surface area contributed by atoms with Crippen LogP contribution in [0, 0.1) is 0 Å². The first-order valence-corrected chi connectivity index (χ1v) is 9.09. The maximum atomic E-state index is 9.57. The minimum Gasteiger partial charge on any atom is -0.508 e. The fourth-order valence-corrected chi connectivity index (χ4v) is 3.40. The molecule has 2 atom stereocenters. The van der Waals surface area contributed by atoms with Gasteiger partial charge in [-0.1, -0.05) is 24.3 Å². The van der Waals surface area contributed by atoms with Crippen molar-refractivity contribution in [2.24, 2.45) is 4.99 Å². The van der Waals surface area contributed by atoms with E-state index >= 15 is 0 Å². The SMILES string of the molecule is COc1ccc(C2N=C(c3ccc(O)cc3)NC2c2ccc(OC)cc2)cc1. The Kier molecular flexibility index (Phi) is 4.89. The second-order valence-corrected chi connectivity index (χ2v) is 6.64. The Labute approximate surface area is 164 Å². The molecule has 0 bridgehead atoms. The summed E-state index contributed by atoms with van der Waals surface area (Å²) in [4.78, 5) is 4.97. The molecular weight excluding hydrogens is 352 g/mol. The molecule has 3 aromatic rings. The van der Waals surface area contributed by atoms with Crippen LogP contribution in [0.1, 0.15) is 28.8 Å². The van der Waals surface area contributed by atoms with Crippen molar-refractivity contribution in [2.75, 3.05) is 14.2 Å². The van der Waals surface area contributed by atoms with Gasteiger partial charge >= 0.3 is 0 Å². The van der Waals surface area contributed by atoms with E-state index in [1.807, 2.05) is 48.5 Å². The van der Waals surface area contributed by atoms with Gasteiger partial charge in [0.05, 0.1) is 20.3 Å². The molecule has 3 aromatic carbocycles. The molecule has 28 heavy (non-hydrogen) atoms. The predicted octanol–water partition coefficient (Wildman–Crippen LogP) is 4.24. The highest BCUT2D eigenvalue weighted by Gasteiger charge is 2.31. The number of phenols is 1. The summed E-state index contributed by atoms with van der Waals surface area (Å²) >= 11 is 0. The van der Waals surface area contributed by atoms with Crippen molar-refractivity contribution >= 4 is 5.84 Å². The standard InChI is InChI=1S/C23H22N2O3/c1-27-19-11-5-15(6-12-19)21-22(16-7-13-20(28-2)14-8-16)25-23(24-21)17-3-9-18(26)10-4-17/h3-14,21-22,26H,1-2H3,(H,24,25). The first-order chi connectivity index (χ1) is 13.7. The number of ether oxygens (including phenoxy) is 2. The maximum Gasteiger partial charge on any atom is 0.129 e. The number of hydrogen-bond donors (Lipinski definition) is 2. The highest BCUT2D eigenvalue weighted by molar-refractivity contribution is 6.00. The molecular formula is C23H22N2O3. The van der Waals surface area contributed by atoms with Crippen molar-refractivity contribution < 1.29 is 14.6 Å². The third kappa shape index (κ3) is 3.51. The molecule has 0 radical (unpaired) electrons. The summed E-state index contributed by atoms with van der Waals surface area (Å²) in [6.07, 6.45) is 0. The number of methoxy groups -OCH3 is 2. The number of nitrogens with zero attached hydrogens (tertiary/aromatic N) is 1. The van der Waals surface area contributed by atoms with Crippen molar-refractivity contribution in [2.45, 2.75) is 12.1 Å². The smallest absolute Gasteiger partial charge is 0.129 e. The topological polar surface area (TPSA) is 63.1 Å². The van der Waals surface area contributed by atoms with E-state index in [1.54, 1.807) is 26.4 Å². The molecule has 5 nitrogen and oxygen atoms in total. The highest BCUT2D eigenvalue weighted by Crippen LogP contribution is 2.38. The van der Waals surface area contributed by atoms with Crippen molar-refractivity contribution in [1.29, 1.82) is 0 Å². The van der Waals surface area contributed by atoms with E-state index in [4.69, 9.17) is 14.5 Å². The molecule has 2 N–H and O–H groups in total. The van der Waals surface area contributed by atoms with Crippen LogP contribution in [0.2, 0.25) is 0 Å². The Bertz CT molecular complexity index is 964. The van der Waals surface area contributed by atoms with Crippen LogP contribution in [0.3, 0.4) is 0 Å². The average Bonchev–Trinajstić information content (AvgIpc) is 3.20. The Morgan fingerprint density at radius 3 is 1.82 bits per heavy atom. The molecule has 1 heterocycles. The average molecular weight is 374 g/mol. The third-order valence-corrected chi connectivity index (χ3v) is 4.95. The zero-order valence-electron chi connectivity index (χ0n) is 15.8. The van der Waals surface area contributed by atoms with E-state index < -0.39 is 0 Å². The van der Waals surface area contributed by atoms with E-state index in [2.05, 4.69) is 17.4 Å². The largest absolute Gasteiger partial charge is 0.508 e. The van der Waals surface area contributed by atoms with Gasteiger partial charge in [0.15, 0.2) is 0 Å². The van der Waals surface area contributed by atoms with Crippen LogP contribution in [-0.2, 0) is 0 Å². The molecule has 0 aliphatic carbocycles. The predicted molar refractivity (Wildman–Crippen MR) is 109 cm³/mol. The first kappa shape index (κ1) is 17.9. The van der Waals surface area contributed by atoms with Crippen LogP contribution in [0.15, 0.2) is 77.8 Å². The second kappa shape index (κ2) is 7.64. The fourth-order valence-electron chi connectivity index (χ4n) is 3.40. The molecule has 5 heteroatoms. The second-order valence-electron chi connectivity index (χ2n) is 6.64. The summed E-state index contributed by atoms with van der Waals surface area (Å²) in [5, 5.41) is 13.1. The molecule has 0 amide bonds. The summed E-state index contributed by atoms with van der Waals surface area (Å²) in [6, 6.07) is 23.0. The lowest BCUT2D eigenvalue weighted by atomic mass is 9.94. The number of rotatable bonds is 5. The lowest BCUT2D eigenvalue weighted by molar-refractivity contribution is 0.414. The first-order valence-electron chi connectivity index (χ1n) is 9.09. The number of hydrogen-bond acceptors (Lipinski definition) is 5. The van der Waals surface area contributed by atoms with Gasteiger partial charge in [-0.15, -0.1) is 0 Å². The van der Waals surface area contributed by atoms with E-state index in [0.29, 0.717) is 0 Å².